The summed E-state index contributed by atoms with van der Waals surface area (Å²) in [5.74, 6) is -5.37. The van der Waals surface area contributed by atoms with Crippen molar-refractivity contribution >= 4 is 25.4 Å². The molecule has 0 aliphatic carbocycles. The van der Waals surface area contributed by atoms with Gasteiger partial charge in [0.1, 0.15) is 18.5 Å². The zero-order chi connectivity index (χ0) is 29.1. The summed E-state index contributed by atoms with van der Waals surface area (Å²) in [4.78, 5) is 40.9. The van der Waals surface area contributed by atoms with Crippen LogP contribution in [0.5, 0.6) is 0 Å². The highest BCUT2D eigenvalue weighted by Gasteiger charge is 2.60. The van der Waals surface area contributed by atoms with Crippen LogP contribution in [0.4, 0.5) is 20.4 Å². The number of aliphatic hydroxyl groups is 1. The van der Waals surface area contributed by atoms with Gasteiger partial charge in [-0.25, -0.2) is 24.0 Å². The number of nitro groups is 1. The highest BCUT2D eigenvalue weighted by atomic mass is 31.2. The summed E-state index contributed by atoms with van der Waals surface area (Å²) in [7, 11) is -3.48. The first-order chi connectivity index (χ1) is 18.2. The minimum absolute atomic E-state index is 0.212. The number of aliphatic hydroxyl groups excluding tert-OH is 1. The number of hydrogen-bond acceptors (Lipinski definition) is 13. The van der Waals surface area contributed by atoms with Crippen LogP contribution >= 0.6 is 7.75 Å². The van der Waals surface area contributed by atoms with Crippen molar-refractivity contribution in [1.29, 1.82) is 0 Å². The van der Waals surface area contributed by atoms with Crippen LogP contribution in [0.3, 0.4) is 0 Å². The molecule has 6 atom stereocenters. The van der Waals surface area contributed by atoms with E-state index in [1.165, 1.54) is 38.1 Å². The van der Waals surface area contributed by atoms with E-state index in [4.69, 9.17) is 19.5 Å². The van der Waals surface area contributed by atoms with Gasteiger partial charge in [0.05, 0.1) is 24.7 Å². The van der Waals surface area contributed by atoms with Crippen LogP contribution in [-0.4, -0.2) is 68.4 Å². The summed E-state index contributed by atoms with van der Waals surface area (Å²) < 4.78 is 64.1. The second kappa shape index (κ2) is 11.8. The number of carbonyl (C=O) groups excluding carboxylic acids is 1. The van der Waals surface area contributed by atoms with E-state index in [-0.39, 0.29) is 5.69 Å². The fraction of sp³-hybridized carbons (Fsp3) is 0.500. The summed E-state index contributed by atoms with van der Waals surface area (Å²) in [6.07, 6.45) is -7.11. The van der Waals surface area contributed by atoms with E-state index in [2.05, 4.69) is 19.8 Å². The van der Waals surface area contributed by atoms with Gasteiger partial charge in [-0.2, -0.15) is 13.8 Å². The third-order valence-corrected chi connectivity index (χ3v) is 7.35. The van der Waals surface area contributed by atoms with Crippen molar-refractivity contribution in [3.63, 3.8) is 0 Å². The number of benzene rings is 1. The predicted octanol–water partition coefficient (Wildman–Crippen LogP) is 1.08. The van der Waals surface area contributed by atoms with Crippen molar-refractivity contribution in [2.75, 3.05) is 19.5 Å². The summed E-state index contributed by atoms with van der Waals surface area (Å²) in [5.41, 5.74) is 4.16. The van der Waals surface area contributed by atoms with Gasteiger partial charge >= 0.3 is 25.3 Å². The third kappa shape index (κ3) is 6.78. The molecule has 3 unspecified atom stereocenters. The number of carbonyl (C=O) groups is 1. The first kappa shape index (κ1) is 30.1. The van der Waals surface area contributed by atoms with E-state index in [0.29, 0.717) is 16.5 Å². The van der Waals surface area contributed by atoms with Crippen molar-refractivity contribution in [1.82, 2.24) is 19.6 Å². The fourth-order valence-electron chi connectivity index (χ4n) is 3.49. The SMILES string of the molecule is COC(=O)[C@H](C)NP(=O)(OC[C@H]1O[C@@H](n2cnc(N)nc2=O)C(F)(F)C1O)OC(C)c1ccc([N+](=O)[O-])cc1. The van der Waals surface area contributed by atoms with E-state index < -0.39 is 73.4 Å². The number of anilines is 1. The fourth-order valence-corrected chi connectivity index (χ4v) is 5.15. The number of nitrogens with one attached hydrogen (secondary N) is 1. The topological polar surface area (TPSA) is 220 Å². The largest absolute Gasteiger partial charge is 0.468 e. The molecule has 2 aromatic rings. The first-order valence-electron chi connectivity index (χ1n) is 11.1. The zero-order valence-electron chi connectivity index (χ0n) is 20.7. The number of halogens is 2. The summed E-state index contributed by atoms with van der Waals surface area (Å²) >= 11 is 0. The molecule has 0 amide bonds. The molecule has 1 fully saturated rings. The van der Waals surface area contributed by atoms with Gasteiger partial charge in [-0.15, -0.1) is 0 Å². The van der Waals surface area contributed by atoms with Gasteiger partial charge in [0.15, 0.2) is 6.10 Å². The van der Waals surface area contributed by atoms with Crippen molar-refractivity contribution in [2.24, 2.45) is 0 Å². The van der Waals surface area contributed by atoms with Crippen molar-refractivity contribution in [2.45, 2.75) is 50.4 Å². The smallest absolute Gasteiger partial charge is 0.406 e. The normalized spacial score (nSPS) is 23.5. The van der Waals surface area contributed by atoms with Crippen LogP contribution in [0.25, 0.3) is 0 Å². The maximum absolute atomic E-state index is 14.8. The monoisotopic (exact) mass is 578 g/mol. The van der Waals surface area contributed by atoms with Gasteiger partial charge in [0.2, 0.25) is 12.2 Å². The number of esters is 1. The molecule has 0 radical (unpaired) electrons. The van der Waals surface area contributed by atoms with Crippen LogP contribution in [0.15, 0.2) is 35.4 Å². The number of nitro benzene ring substituents is 1. The minimum Gasteiger partial charge on any atom is -0.468 e. The molecule has 39 heavy (non-hydrogen) atoms. The Bertz CT molecular complexity index is 1310. The lowest BCUT2D eigenvalue weighted by Crippen LogP contribution is -2.42. The number of ether oxygens (including phenoxy) is 2. The number of aromatic nitrogens is 3. The lowest BCUT2D eigenvalue weighted by molar-refractivity contribution is -0.384. The maximum atomic E-state index is 14.8. The third-order valence-electron chi connectivity index (χ3n) is 5.56. The molecule has 16 nitrogen and oxygen atoms in total. The Morgan fingerprint density at radius 2 is 2.03 bits per heavy atom. The van der Waals surface area contributed by atoms with Gasteiger partial charge in [0.25, 0.3) is 5.69 Å². The molecule has 0 saturated carbocycles. The number of rotatable bonds is 11. The maximum Gasteiger partial charge on any atom is 0.406 e. The van der Waals surface area contributed by atoms with Gasteiger partial charge in [-0.05, 0) is 31.5 Å². The number of alkyl halides is 2. The van der Waals surface area contributed by atoms with E-state index >= 15 is 0 Å². The van der Waals surface area contributed by atoms with Crippen molar-refractivity contribution < 1.29 is 46.7 Å². The van der Waals surface area contributed by atoms with E-state index in [9.17, 15) is 38.2 Å². The Hall–Kier alpha value is -3.41. The molecular formula is C20H25F2N6O10P. The minimum atomic E-state index is -4.55. The van der Waals surface area contributed by atoms with Crippen LogP contribution in [0, 0.1) is 10.1 Å². The molecule has 0 bridgehead atoms. The van der Waals surface area contributed by atoms with E-state index in [1.54, 1.807) is 0 Å². The highest BCUT2D eigenvalue weighted by molar-refractivity contribution is 7.51. The summed E-state index contributed by atoms with van der Waals surface area (Å²) in [6.45, 7) is 1.73. The quantitative estimate of drug-likeness (QED) is 0.147. The van der Waals surface area contributed by atoms with E-state index in [1.807, 2.05) is 0 Å². The first-order valence-corrected chi connectivity index (χ1v) is 12.7. The summed E-state index contributed by atoms with van der Waals surface area (Å²) in [6, 6.07) is 3.76. The number of nitrogens with zero attached hydrogens (tertiary/aromatic N) is 4. The van der Waals surface area contributed by atoms with Gasteiger partial charge in [-0.3, -0.25) is 24.0 Å². The Labute approximate surface area is 218 Å². The molecule has 2 heterocycles. The average molecular weight is 578 g/mol. The molecule has 1 aliphatic rings. The molecule has 4 N–H and O–H groups in total. The number of hydrogen-bond donors (Lipinski definition) is 3. The zero-order valence-corrected chi connectivity index (χ0v) is 21.6. The Balaban J connectivity index is 1.81. The van der Waals surface area contributed by atoms with Gasteiger partial charge in [-0.1, -0.05) is 0 Å². The lowest BCUT2D eigenvalue weighted by Gasteiger charge is -2.26. The number of non-ortho nitro benzene ring substituents is 1. The van der Waals surface area contributed by atoms with Crippen LogP contribution < -0.4 is 16.5 Å². The molecule has 214 valence electrons. The molecular weight excluding hydrogens is 553 g/mol. The van der Waals surface area contributed by atoms with Crippen LogP contribution in [0.2, 0.25) is 0 Å². The van der Waals surface area contributed by atoms with Crippen LogP contribution in [-0.2, 0) is 27.9 Å². The number of nitrogen functional groups attached to an aromatic ring is 1. The number of nitrogens with two attached hydrogens (primary N) is 1. The van der Waals surface area contributed by atoms with Crippen LogP contribution in [0.1, 0.15) is 31.7 Å². The molecule has 0 spiro atoms. The molecule has 1 aliphatic heterocycles. The second-order valence-electron chi connectivity index (χ2n) is 8.31. The lowest BCUT2D eigenvalue weighted by atomic mass is 10.1. The molecule has 1 aromatic heterocycles. The van der Waals surface area contributed by atoms with Crippen molar-refractivity contribution in [3.8, 4) is 0 Å². The molecule has 19 heteroatoms. The molecule has 1 saturated heterocycles. The Morgan fingerprint density at radius 3 is 2.59 bits per heavy atom. The van der Waals surface area contributed by atoms with Crippen molar-refractivity contribution in [3.05, 3.63) is 56.8 Å². The number of methoxy groups -OCH3 is 1. The second-order valence-corrected chi connectivity index (χ2v) is 10.0. The van der Waals surface area contributed by atoms with Gasteiger partial charge in [0, 0.05) is 12.1 Å². The van der Waals surface area contributed by atoms with E-state index in [0.717, 1.165) is 7.11 Å². The van der Waals surface area contributed by atoms with Gasteiger partial charge < -0.3 is 20.3 Å². The Morgan fingerprint density at radius 1 is 1.38 bits per heavy atom. The average Bonchev–Trinajstić information content (AvgIpc) is 3.10. The molecule has 1 aromatic carbocycles. The Kier molecular flexibility index (Phi) is 9.09. The standard InChI is InChI=1S/C20H25F2N6O10P/c1-10(16(30)35-3)26-39(34,38-11(2)12-4-6-13(7-5-12)28(32)33)36-8-14-15(29)20(21,22)17(37-14)27-9-24-18(23)25-19(27)31/h4-7,9-11,14-15,17,29H,8H2,1-3H3,(H,26,34)(H2,23,25,31)/t10-,11?,14+,15?,17+,39?/m0/s1. The summed E-state index contributed by atoms with van der Waals surface area (Å²) in [5, 5.41) is 23.4. The molecule has 3 rings (SSSR count). The predicted molar refractivity (Wildman–Crippen MR) is 126 cm³/mol. The highest BCUT2D eigenvalue weighted by Crippen LogP contribution is 2.50.